The van der Waals surface area contributed by atoms with Gasteiger partial charge in [-0.2, -0.15) is 0 Å². The van der Waals surface area contributed by atoms with E-state index in [1.54, 1.807) is 11.3 Å². The van der Waals surface area contributed by atoms with Crippen molar-refractivity contribution in [3.05, 3.63) is 42.0 Å². The maximum Gasteiger partial charge on any atom is 0.136 e. The molecule has 2 N–H and O–H groups in total. The molecule has 0 atom stereocenters. The Bertz CT molecular complexity index is 632. The van der Waals surface area contributed by atoms with Gasteiger partial charge in [0.2, 0.25) is 0 Å². The summed E-state index contributed by atoms with van der Waals surface area (Å²) in [5.74, 6) is 0.546. The monoisotopic (exact) mass is 257 g/mol. The molecule has 0 saturated carbocycles. The van der Waals surface area contributed by atoms with Crippen molar-refractivity contribution in [1.29, 1.82) is 0 Å². The summed E-state index contributed by atoms with van der Waals surface area (Å²) < 4.78 is 0. The molecule has 3 rings (SSSR count). The Hall–Kier alpha value is -1.94. The van der Waals surface area contributed by atoms with Crippen molar-refractivity contribution in [1.82, 2.24) is 9.97 Å². The molecule has 4 heteroatoms. The quantitative estimate of drug-likeness (QED) is 0.717. The van der Waals surface area contributed by atoms with Crippen LogP contribution in [0.15, 0.2) is 42.0 Å². The molecule has 0 bridgehead atoms. The van der Waals surface area contributed by atoms with Crippen LogP contribution in [-0.4, -0.2) is 9.97 Å². The minimum absolute atomic E-state index is 0.546. The van der Waals surface area contributed by atoms with Crippen LogP contribution in [0, 0.1) is 0 Å². The first-order chi connectivity index (χ1) is 8.86. The number of hydrogen-bond acceptors (Lipinski definition) is 4. The second-order valence-corrected chi connectivity index (χ2v) is 4.31. The van der Waals surface area contributed by atoms with E-state index in [9.17, 15) is 0 Å². The van der Waals surface area contributed by atoms with Gasteiger partial charge in [0.15, 0.2) is 0 Å². The number of thiophene rings is 1. The van der Waals surface area contributed by atoms with Gasteiger partial charge in [0.1, 0.15) is 17.0 Å². The molecule has 0 amide bonds. The molecule has 0 aliphatic carbocycles. The third kappa shape index (κ3) is 2.19. The fourth-order valence-corrected chi connectivity index (χ4v) is 2.65. The maximum absolute atomic E-state index is 5.89. The number of fused-ring (bicyclic) bond motifs is 1. The van der Waals surface area contributed by atoms with Gasteiger partial charge in [0.25, 0.3) is 0 Å². The normalized spacial score (nSPS) is 9.89. The average molecular weight is 257 g/mol. The smallest absolute Gasteiger partial charge is 0.136 e. The molecule has 3 aromatic rings. The number of aromatic nitrogens is 2. The van der Waals surface area contributed by atoms with Gasteiger partial charge in [-0.05, 0) is 5.56 Å². The lowest BCUT2D eigenvalue weighted by atomic mass is 10.1. The predicted molar refractivity (Wildman–Crippen MR) is 78.6 cm³/mol. The molecule has 0 unspecified atom stereocenters. The van der Waals surface area contributed by atoms with Crippen molar-refractivity contribution >= 4 is 27.4 Å². The molecule has 1 aromatic carbocycles. The zero-order valence-corrected chi connectivity index (χ0v) is 11.2. The van der Waals surface area contributed by atoms with E-state index in [4.69, 9.17) is 5.73 Å². The summed E-state index contributed by atoms with van der Waals surface area (Å²) in [7, 11) is 0. The van der Waals surface area contributed by atoms with E-state index < -0.39 is 0 Å². The summed E-state index contributed by atoms with van der Waals surface area (Å²) in [5.41, 5.74) is 8.15. The van der Waals surface area contributed by atoms with Gasteiger partial charge in [0.05, 0.1) is 5.39 Å². The molecule has 18 heavy (non-hydrogen) atoms. The SMILES string of the molecule is CC.Nc1ncnc2scc(-c3ccccc3)c12. The predicted octanol–water partition coefficient (Wildman–Crippen LogP) is 3.97. The standard InChI is InChI=1S/C12H9N3S.C2H6/c13-11-10-9(8-4-2-1-3-5-8)6-16-12(10)15-7-14-11;1-2/h1-7H,(H2,13,14,15);1-2H3. The zero-order valence-electron chi connectivity index (χ0n) is 10.4. The first-order valence-corrected chi connectivity index (χ1v) is 6.77. The number of benzene rings is 1. The van der Waals surface area contributed by atoms with Crippen LogP contribution in [0.2, 0.25) is 0 Å². The minimum Gasteiger partial charge on any atom is -0.383 e. The van der Waals surface area contributed by atoms with Gasteiger partial charge in [-0.25, -0.2) is 9.97 Å². The van der Waals surface area contributed by atoms with Crippen LogP contribution in [-0.2, 0) is 0 Å². The number of nitrogens with two attached hydrogens (primary N) is 1. The highest BCUT2D eigenvalue weighted by atomic mass is 32.1. The van der Waals surface area contributed by atoms with Gasteiger partial charge >= 0.3 is 0 Å². The van der Waals surface area contributed by atoms with E-state index in [-0.39, 0.29) is 0 Å². The van der Waals surface area contributed by atoms with Crippen LogP contribution in [0.5, 0.6) is 0 Å². The second-order valence-electron chi connectivity index (χ2n) is 3.45. The Kier molecular flexibility index (Phi) is 3.89. The first-order valence-electron chi connectivity index (χ1n) is 5.89. The van der Waals surface area contributed by atoms with Crippen molar-refractivity contribution < 1.29 is 0 Å². The van der Waals surface area contributed by atoms with Crippen molar-refractivity contribution in [3.63, 3.8) is 0 Å². The van der Waals surface area contributed by atoms with Crippen molar-refractivity contribution in [2.24, 2.45) is 0 Å². The van der Waals surface area contributed by atoms with Crippen LogP contribution >= 0.6 is 11.3 Å². The van der Waals surface area contributed by atoms with Crippen LogP contribution < -0.4 is 5.73 Å². The van der Waals surface area contributed by atoms with Gasteiger partial charge in [-0.3, -0.25) is 0 Å². The van der Waals surface area contributed by atoms with Crippen LogP contribution in [0.25, 0.3) is 21.3 Å². The summed E-state index contributed by atoms with van der Waals surface area (Å²) in [4.78, 5) is 9.19. The van der Waals surface area contributed by atoms with E-state index in [2.05, 4.69) is 27.5 Å². The Labute approximate surface area is 110 Å². The lowest BCUT2D eigenvalue weighted by Gasteiger charge is -2.00. The number of anilines is 1. The molecule has 0 saturated heterocycles. The van der Waals surface area contributed by atoms with Crippen molar-refractivity contribution in [2.75, 3.05) is 5.73 Å². The van der Waals surface area contributed by atoms with E-state index >= 15 is 0 Å². The number of nitrogens with zero attached hydrogens (tertiary/aromatic N) is 2. The Morgan fingerprint density at radius 2 is 1.78 bits per heavy atom. The van der Waals surface area contributed by atoms with Crippen LogP contribution in [0.1, 0.15) is 13.8 Å². The Balaban J connectivity index is 0.000000574. The second kappa shape index (κ2) is 5.60. The first kappa shape index (κ1) is 12.5. The topological polar surface area (TPSA) is 51.8 Å². The van der Waals surface area contributed by atoms with Crippen LogP contribution in [0.4, 0.5) is 5.82 Å². The molecule has 0 aliphatic rings. The van der Waals surface area contributed by atoms with E-state index in [0.29, 0.717) is 5.82 Å². The van der Waals surface area contributed by atoms with Crippen molar-refractivity contribution in [2.45, 2.75) is 13.8 Å². The van der Waals surface area contributed by atoms with Gasteiger partial charge in [-0.1, -0.05) is 44.2 Å². The van der Waals surface area contributed by atoms with E-state index in [1.807, 2.05) is 32.0 Å². The summed E-state index contributed by atoms with van der Waals surface area (Å²) in [6.07, 6.45) is 1.50. The summed E-state index contributed by atoms with van der Waals surface area (Å²) in [6, 6.07) is 10.2. The van der Waals surface area contributed by atoms with E-state index in [1.165, 1.54) is 6.33 Å². The van der Waals surface area contributed by atoms with E-state index in [0.717, 1.165) is 21.3 Å². The highest BCUT2D eigenvalue weighted by molar-refractivity contribution is 7.17. The average Bonchev–Trinajstić information content (AvgIpc) is 2.87. The summed E-state index contributed by atoms with van der Waals surface area (Å²) >= 11 is 1.59. The van der Waals surface area contributed by atoms with Gasteiger partial charge in [-0.15, -0.1) is 11.3 Å². The highest BCUT2D eigenvalue weighted by Gasteiger charge is 2.10. The molecule has 0 spiro atoms. The molecule has 2 heterocycles. The number of hydrogen-bond donors (Lipinski definition) is 1. The Morgan fingerprint density at radius 1 is 1.06 bits per heavy atom. The minimum atomic E-state index is 0.546. The fraction of sp³-hybridized carbons (Fsp3) is 0.143. The van der Waals surface area contributed by atoms with Crippen molar-refractivity contribution in [3.8, 4) is 11.1 Å². The lowest BCUT2D eigenvalue weighted by Crippen LogP contribution is -1.91. The molecular weight excluding hydrogens is 242 g/mol. The lowest BCUT2D eigenvalue weighted by molar-refractivity contribution is 1.24. The maximum atomic E-state index is 5.89. The summed E-state index contributed by atoms with van der Waals surface area (Å²) in [5, 5.41) is 3.03. The van der Waals surface area contributed by atoms with Gasteiger partial charge < -0.3 is 5.73 Å². The van der Waals surface area contributed by atoms with Crippen LogP contribution in [0.3, 0.4) is 0 Å². The fourth-order valence-electron chi connectivity index (χ4n) is 1.73. The molecule has 0 fully saturated rings. The number of rotatable bonds is 1. The molecule has 0 aliphatic heterocycles. The third-order valence-corrected chi connectivity index (χ3v) is 3.37. The van der Waals surface area contributed by atoms with Gasteiger partial charge in [0, 0.05) is 10.9 Å². The zero-order chi connectivity index (χ0) is 13.0. The summed E-state index contributed by atoms with van der Waals surface area (Å²) in [6.45, 7) is 4.00. The number of nitrogen functional groups attached to an aromatic ring is 1. The molecule has 2 aromatic heterocycles. The molecule has 3 nitrogen and oxygen atoms in total. The largest absolute Gasteiger partial charge is 0.383 e. The molecule has 92 valence electrons. The highest BCUT2D eigenvalue weighted by Crippen LogP contribution is 2.34. The Morgan fingerprint density at radius 3 is 2.50 bits per heavy atom. The molecule has 0 radical (unpaired) electrons. The third-order valence-electron chi connectivity index (χ3n) is 2.48. The molecular formula is C14H15N3S.